The molecule has 238 valence electrons. The van der Waals surface area contributed by atoms with Crippen molar-refractivity contribution in [2.75, 3.05) is 0 Å². The number of hydrogen-bond donors (Lipinski definition) is 2. The number of nitrogens with zero attached hydrogens (tertiary/aromatic N) is 1. The Labute approximate surface area is 257 Å². The van der Waals surface area contributed by atoms with Crippen LogP contribution in [0.4, 0.5) is 0 Å². The molecule has 2 fully saturated rings. The average molecular weight is 593 g/mol. The second-order valence-corrected chi connectivity index (χ2v) is 13.5. The minimum absolute atomic E-state index is 0.0463. The zero-order valence-electron chi connectivity index (χ0n) is 29.0. The van der Waals surface area contributed by atoms with Gasteiger partial charge in [-0.2, -0.15) is 0 Å². The van der Waals surface area contributed by atoms with Crippen LogP contribution in [0.2, 0.25) is 0 Å². The maximum atomic E-state index is 13.4. The maximum absolute atomic E-state index is 13.4. The van der Waals surface area contributed by atoms with Crippen molar-refractivity contribution in [3.8, 4) is 0 Å². The molecule has 1 aliphatic carbocycles. The molecule has 1 saturated carbocycles. The van der Waals surface area contributed by atoms with Crippen molar-refractivity contribution in [2.24, 2.45) is 34.5 Å². The van der Waals surface area contributed by atoms with Crippen molar-refractivity contribution in [1.82, 2.24) is 10.3 Å². The largest absolute Gasteiger partial charge is 0.392 e. The molecule has 1 aliphatic heterocycles. The fourth-order valence-electron chi connectivity index (χ4n) is 5.86. The van der Waals surface area contributed by atoms with Crippen LogP contribution in [0.5, 0.6) is 0 Å². The molecule has 0 unspecified atom stereocenters. The van der Waals surface area contributed by atoms with Gasteiger partial charge in [0.15, 0.2) is 0 Å². The monoisotopic (exact) mass is 592 g/mol. The lowest BCUT2D eigenvalue weighted by molar-refractivity contribution is -0.141. The molecule has 2 N–H and O–H groups in total. The van der Waals surface area contributed by atoms with Crippen LogP contribution in [0.1, 0.15) is 139 Å². The summed E-state index contributed by atoms with van der Waals surface area (Å²) in [5.74, 6) is 0.952. The predicted octanol–water partition coefficient (Wildman–Crippen LogP) is 9.27. The smallest absolute Gasteiger partial charge is 0.223 e. The number of fused-ring (bicyclic) bond motifs is 1. The Morgan fingerprint density at radius 1 is 1.07 bits per heavy atom. The average Bonchev–Trinajstić information content (AvgIpc) is 3.40. The molecule has 41 heavy (non-hydrogen) atoms. The van der Waals surface area contributed by atoms with Crippen LogP contribution in [0.3, 0.4) is 0 Å². The number of aliphatic hydroxyl groups is 1. The van der Waals surface area contributed by atoms with E-state index in [0.717, 1.165) is 35.5 Å². The lowest BCUT2D eigenvalue weighted by Gasteiger charge is -2.35. The summed E-state index contributed by atoms with van der Waals surface area (Å²) in [6, 6.07) is -0.104. The van der Waals surface area contributed by atoms with Crippen LogP contribution < -0.4 is 5.32 Å². The molecule has 1 saturated heterocycles. The van der Waals surface area contributed by atoms with Crippen molar-refractivity contribution < 1.29 is 14.7 Å². The zero-order chi connectivity index (χ0) is 32.1. The Morgan fingerprint density at radius 3 is 2.20 bits per heavy atom. The normalized spacial score (nSPS) is 32.4. The van der Waals surface area contributed by atoms with E-state index < -0.39 is 11.5 Å². The first-order valence-corrected chi connectivity index (χ1v) is 17.2. The highest BCUT2D eigenvalue weighted by molar-refractivity contribution is 7.09. The van der Waals surface area contributed by atoms with Crippen LogP contribution in [0, 0.1) is 41.4 Å². The number of hydrogen-bond acceptors (Lipinski definition) is 5. The summed E-state index contributed by atoms with van der Waals surface area (Å²) in [5, 5.41) is 17.3. The SMILES string of the molecule is C/C(=C\c1csc(C)n1)[C@@H]1C[C@@H]2C[C@]2(C)CCC[C@H](C)[C@H](C)[C@@H](C)C(=O)C(C)(C)[C@@H](O)CC(=O)N1.CC.CC.CC. The van der Waals surface area contributed by atoms with Gasteiger partial charge in [-0.05, 0) is 67.9 Å². The molecular formula is C35H64N2O3S. The van der Waals surface area contributed by atoms with Crippen LogP contribution >= 0.6 is 11.3 Å². The van der Waals surface area contributed by atoms with Gasteiger partial charge in [-0.1, -0.05) is 95.9 Å². The van der Waals surface area contributed by atoms with E-state index >= 15 is 0 Å². The molecule has 6 heteroatoms. The van der Waals surface area contributed by atoms with Gasteiger partial charge < -0.3 is 10.4 Å². The molecule has 0 radical (unpaired) electrons. The van der Waals surface area contributed by atoms with Crippen molar-refractivity contribution in [2.45, 2.75) is 148 Å². The third kappa shape index (κ3) is 11.2. The summed E-state index contributed by atoms with van der Waals surface area (Å²) in [6.45, 7) is 28.4. The molecular weight excluding hydrogens is 528 g/mol. The quantitative estimate of drug-likeness (QED) is 0.359. The van der Waals surface area contributed by atoms with Crippen LogP contribution in [-0.4, -0.2) is 33.9 Å². The van der Waals surface area contributed by atoms with E-state index in [1.165, 1.54) is 12.8 Å². The lowest BCUT2D eigenvalue weighted by Crippen LogP contribution is -2.46. The van der Waals surface area contributed by atoms with Gasteiger partial charge in [0, 0.05) is 11.3 Å². The van der Waals surface area contributed by atoms with E-state index in [1.807, 2.05) is 60.8 Å². The third-order valence-electron chi connectivity index (χ3n) is 9.31. The summed E-state index contributed by atoms with van der Waals surface area (Å²) in [6.07, 6.45) is 6.53. The van der Waals surface area contributed by atoms with Crippen molar-refractivity contribution in [3.63, 3.8) is 0 Å². The number of thiazole rings is 1. The van der Waals surface area contributed by atoms with Gasteiger partial charge in [0.1, 0.15) is 5.78 Å². The first-order valence-electron chi connectivity index (χ1n) is 16.4. The Morgan fingerprint density at radius 2 is 1.66 bits per heavy atom. The molecule has 2 aliphatic rings. The van der Waals surface area contributed by atoms with E-state index in [0.29, 0.717) is 17.3 Å². The molecule has 0 bridgehead atoms. The Kier molecular flexibility index (Phi) is 17.5. The van der Waals surface area contributed by atoms with Gasteiger partial charge in [0.05, 0.1) is 34.7 Å². The summed E-state index contributed by atoms with van der Waals surface area (Å²) >= 11 is 1.62. The Bertz CT molecular complexity index is 953. The Balaban J connectivity index is 0.00000250. The van der Waals surface area contributed by atoms with Gasteiger partial charge in [-0.15, -0.1) is 11.3 Å². The third-order valence-corrected chi connectivity index (χ3v) is 10.1. The topological polar surface area (TPSA) is 79.3 Å². The van der Waals surface area contributed by atoms with E-state index in [4.69, 9.17) is 0 Å². The summed E-state index contributed by atoms with van der Waals surface area (Å²) < 4.78 is 0. The van der Waals surface area contributed by atoms with Crippen LogP contribution in [-0.2, 0) is 9.59 Å². The van der Waals surface area contributed by atoms with Gasteiger partial charge >= 0.3 is 0 Å². The van der Waals surface area contributed by atoms with Crippen LogP contribution in [0.15, 0.2) is 11.0 Å². The van der Waals surface area contributed by atoms with Crippen LogP contribution in [0.25, 0.3) is 6.08 Å². The number of carbonyl (C=O) groups excluding carboxylic acids is 2. The van der Waals surface area contributed by atoms with E-state index in [-0.39, 0.29) is 36.0 Å². The fraction of sp³-hybridized carbons (Fsp3) is 0.800. The fourth-order valence-corrected chi connectivity index (χ4v) is 6.43. The summed E-state index contributed by atoms with van der Waals surface area (Å²) in [4.78, 5) is 31.1. The van der Waals surface area contributed by atoms with E-state index in [9.17, 15) is 14.7 Å². The molecule has 0 aromatic carbocycles. The second-order valence-electron chi connectivity index (χ2n) is 12.4. The minimum atomic E-state index is -1.02. The second kappa shape index (κ2) is 18.2. The van der Waals surface area contributed by atoms with E-state index in [2.05, 4.69) is 44.1 Å². The van der Waals surface area contributed by atoms with Gasteiger partial charge in [-0.3, -0.25) is 9.59 Å². The summed E-state index contributed by atoms with van der Waals surface area (Å²) in [5.41, 5.74) is 1.35. The minimum Gasteiger partial charge on any atom is -0.392 e. The predicted molar refractivity (Wildman–Crippen MR) is 178 cm³/mol. The Hall–Kier alpha value is -1.53. The highest BCUT2D eigenvalue weighted by Gasteiger charge is 2.50. The first-order chi connectivity index (χ1) is 19.2. The number of rotatable bonds is 2. The molecule has 1 aromatic rings. The number of aryl methyl sites for hydroxylation is 1. The molecule has 2 heterocycles. The lowest BCUT2D eigenvalue weighted by atomic mass is 9.70. The van der Waals surface area contributed by atoms with Crippen molar-refractivity contribution in [1.29, 1.82) is 0 Å². The highest BCUT2D eigenvalue weighted by atomic mass is 32.1. The van der Waals surface area contributed by atoms with Crippen molar-refractivity contribution in [3.05, 3.63) is 21.7 Å². The van der Waals surface area contributed by atoms with Gasteiger partial charge in [0.25, 0.3) is 0 Å². The summed E-state index contributed by atoms with van der Waals surface area (Å²) in [7, 11) is 0. The standard InChI is InChI=1S/C29H46N2O3S.3C2H6/c1-17-10-9-11-29(8)15-22(29)13-24(18(2)12-23-16-35-21(5)30-23)31-26(33)14-25(32)28(6,7)27(34)20(4)19(17)3;3*1-2/h12,16-17,19-20,22,24-25,32H,9-11,13-15H2,1-8H3,(H,31,33);3*1-2H3/b18-12+;;;/t17-,19-,20+,22+,24-,25-,29-;;;/m0.../s1. The number of Topliss-reactive ketones (excluding diaryl/α,β-unsaturated/α-hetero) is 1. The molecule has 1 aromatic heterocycles. The van der Waals surface area contributed by atoms with E-state index in [1.54, 1.807) is 25.2 Å². The zero-order valence-corrected chi connectivity index (χ0v) is 29.8. The number of aliphatic hydroxyl groups excluding tert-OH is 1. The maximum Gasteiger partial charge on any atom is 0.223 e. The number of carbonyl (C=O) groups is 2. The van der Waals surface area contributed by atoms with Crippen molar-refractivity contribution >= 4 is 29.1 Å². The number of aromatic nitrogens is 1. The van der Waals surface area contributed by atoms with Gasteiger partial charge in [0.2, 0.25) is 5.91 Å². The number of amides is 1. The number of nitrogens with one attached hydrogen (secondary N) is 1. The molecule has 1 amide bonds. The highest BCUT2D eigenvalue weighted by Crippen LogP contribution is 2.58. The molecule has 7 atom stereocenters. The molecule has 0 spiro atoms. The first kappa shape index (κ1) is 39.5. The van der Waals surface area contributed by atoms with Gasteiger partial charge in [-0.25, -0.2) is 4.98 Å². The number of ketones is 1. The molecule has 3 rings (SSSR count). The molecule has 5 nitrogen and oxygen atoms in total.